The van der Waals surface area contributed by atoms with Crippen LogP contribution < -0.4 is 10.3 Å². The molecule has 0 aliphatic carbocycles. The second-order valence-electron chi connectivity index (χ2n) is 6.08. The van der Waals surface area contributed by atoms with Crippen LogP contribution in [0.5, 0.6) is 5.75 Å². The van der Waals surface area contributed by atoms with Crippen molar-refractivity contribution >= 4 is 21.8 Å². The summed E-state index contributed by atoms with van der Waals surface area (Å²) in [6, 6.07) is 17.5. The van der Waals surface area contributed by atoms with Crippen molar-refractivity contribution < 1.29 is 4.74 Å². The van der Waals surface area contributed by atoms with Gasteiger partial charge in [-0.3, -0.25) is 4.79 Å². The molecule has 4 heteroatoms. The van der Waals surface area contributed by atoms with Gasteiger partial charge in [0.05, 0.1) is 16.7 Å². The fourth-order valence-corrected chi connectivity index (χ4v) is 3.44. The Labute approximate surface area is 138 Å². The molecule has 2 aromatic carbocycles. The number of nitrogens with zero attached hydrogens (tertiary/aromatic N) is 2. The molecule has 1 aliphatic rings. The highest BCUT2D eigenvalue weighted by molar-refractivity contribution is 6.06. The number of para-hydroxylation sites is 1. The van der Waals surface area contributed by atoms with Crippen molar-refractivity contribution in [1.82, 2.24) is 9.55 Å². The van der Waals surface area contributed by atoms with Gasteiger partial charge < -0.3 is 9.30 Å². The van der Waals surface area contributed by atoms with Gasteiger partial charge in [-0.25, -0.2) is 4.98 Å². The van der Waals surface area contributed by atoms with Crippen molar-refractivity contribution in [3.8, 4) is 17.0 Å². The molecule has 0 radical (unpaired) electrons. The number of aryl methyl sites for hydroxylation is 1. The minimum atomic E-state index is -0.00923. The molecular formula is C20H14N2O2. The predicted molar refractivity (Wildman–Crippen MR) is 94.3 cm³/mol. The molecule has 0 saturated carbocycles. The number of hydrogen-bond donors (Lipinski definition) is 0. The number of pyridine rings is 2. The van der Waals surface area contributed by atoms with Crippen LogP contribution in [0.15, 0.2) is 59.4 Å². The Morgan fingerprint density at radius 3 is 2.83 bits per heavy atom. The van der Waals surface area contributed by atoms with E-state index in [-0.39, 0.29) is 5.56 Å². The Morgan fingerprint density at radius 1 is 1.04 bits per heavy atom. The van der Waals surface area contributed by atoms with E-state index in [1.165, 1.54) is 0 Å². The Kier molecular flexibility index (Phi) is 2.59. The molecule has 0 N–H and O–H groups in total. The SMILES string of the molecule is Cn1c(=O)ccc2c3cc4c(nc3ccc21)-c1ccccc1OC4. The summed E-state index contributed by atoms with van der Waals surface area (Å²) in [6.07, 6.45) is 0. The number of aromatic nitrogens is 2. The number of rotatable bonds is 0. The summed E-state index contributed by atoms with van der Waals surface area (Å²) < 4.78 is 7.53. The average Bonchev–Trinajstić information content (AvgIpc) is 2.63. The summed E-state index contributed by atoms with van der Waals surface area (Å²) in [5.41, 5.74) is 4.91. The van der Waals surface area contributed by atoms with E-state index in [1.807, 2.05) is 42.5 Å². The first-order chi connectivity index (χ1) is 11.7. The number of ether oxygens (including phenoxy) is 1. The lowest BCUT2D eigenvalue weighted by Gasteiger charge is -2.20. The van der Waals surface area contributed by atoms with Gasteiger partial charge in [0.1, 0.15) is 12.4 Å². The third kappa shape index (κ3) is 1.74. The van der Waals surface area contributed by atoms with E-state index in [0.717, 1.165) is 44.4 Å². The highest BCUT2D eigenvalue weighted by atomic mass is 16.5. The van der Waals surface area contributed by atoms with Gasteiger partial charge in [-0.05, 0) is 36.4 Å². The van der Waals surface area contributed by atoms with Crippen LogP contribution in [-0.4, -0.2) is 9.55 Å². The molecule has 3 heterocycles. The maximum Gasteiger partial charge on any atom is 0.250 e. The summed E-state index contributed by atoms with van der Waals surface area (Å²) in [7, 11) is 1.79. The molecule has 0 unspecified atom stereocenters. The van der Waals surface area contributed by atoms with Crippen LogP contribution in [0.25, 0.3) is 33.1 Å². The van der Waals surface area contributed by atoms with E-state index in [2.05, 4.69) is 6.07 Å². The fraction of sp³-hybridized carbons (Fsp3) is 0.100. The van der Waals surface area contributed by atoms with Crippen molar-refractivity contribution in [2.24, 2.45) is 7.05 Å². The van der Waals surface area contributed by atoms with E-state index in [0.29, 0.717) is 6.61 Å². The topological polar surface area (TPSA) is 44.1 Å². The van der Waals surface area contributed by atoms with E-state index in [4.69, 9.17) is 9.72 Å². The summed E-state index contributed by atoms with van der Waals surface area (Å²) in [5.74, 6) is 0.875. The zero-order valence-electron chi connectivity index (χ0n) is 13.1. The van der Waals surface area contributed by atoms with Gasteiger partial charge in [0, 0.05) is 35.0 Å². The van der Waals surface area contributed by atoms with Crippen LogP contribution in [0.4, 0.5) is 0 Å². The molecule has 0 bridgehead atoms. The first-order valence-electron chi connectivity index (χ1n) is 7.87. The average molecular weight is 314 g/mol. The zero-order valence-corrected chi connectivity index (χ0v) is 13.1. The van der Waals surface area contributed by atoms with Crippen molar-refractivity contribution in [2.45, 2.75) is 6.61 Å². The molecule has 0 amide bonds. The number of benzene rings is 2. The molecule has 4 aromatic rings. The monoisotopic (exact) mass is 314 g/mol. The minimum Gasteiger partial charge on any atom is -0.488 e. The third-order valence-electron chi connectivity index (χ3n) is 4.71. The molecule has 0 saturated heterocycles. The van der Waals surface area contributed by atoms with Crippen molar-refractivity contribution in [1.29, 1.82) is 0 Å². The first-order valence-corrected chi connectivity index (χ1v) is 7.87. The number of fused-ring (bicyclic) bond motifs is 6. The van der Waals surface area contributed by atoms with Gasteiger partial charge >= 0.3 is 0 Å². The Morgan fingerprint density at radius 2 is 1.92 bits per heavy atom. The van der Waals surface area contributed by atoms with Crippen molar-refractivity contribution in [3.05, 3.63) is 70.5 Å². The van der Waals surface area contributed by atoms with Crippen LogP contribution in [-0.2, 0) is 13.7 Å². The second-order valence-corrected chi connectivity index (χ2v) is 6.08. The van der Waals surface area contributed by atoms with E-state index >= 15 is 0 Å². The standard InChI is InChI=1S/C20H14N2O2/c1-22-17-8-7-16-15(13(17)6-9-19(22)23)10-12-11-24-18-5-3-2-4-14(18)20(12)21-16/h2-10H,11H2,1H3. The van der Waals surface area contributed by atoms with Crippen LogP contribution in [0, 0.1) is 0 Å². The fourth-order valence-electron chi connectivity index (χ4n) is 3.44. The summed E-state index contributed by atoms with van der Waals surface area (Å²) >= 11 is 0. The Balaban J connectivity index is 1.88. The molecule has 116 valence electrons. The maximum absolute atomic E-state index is 11.9. The van der Waals surface area contributed by atoms with Gasteiger partial charge in [0.2, 0.25) is 0 Å². The van der Waals surface area contributed by atoms with E-state index in [9.17, 15) is 4.79 Å². The van der Waals surface area contributed by atoms with Crippen molar-refractivity contribution in [3.63, 3.8) is 0 Å². The molecule has 5 rings (SSSR count). The smallest absolute Gasteiger partial charge is 0.250 e. The summed E-state index contributed by atoms with van der Waals surface area (Å²) in [5, 5.41) is 2.08. The highest BCUT2D eigenvalue weighted by Gasteiger charge is 2.19. The Bertz CT molecular complexity index is 1190. The normalized spacial score (nSPS) is 12.7. The minimum absolute atomic E-state index is 0.00923. The molecule has 4 nitrogen and oxygen atoms in total. The quantitative estimate of drug-likeness (QED) is 0.465. The zero-order chi connectivity index (χ0) is 16.3. The van der Waals surface area contributed by atoms with Crippen LogP contribution >= 0.6 is 0 Å². The van der Waals surface area contributed by atoms with E-state index in [1.54, 1.807) is 17.7 Å². The summed E-state index contributed by atoms with van der Waals surface area (Å²) in [6.45, 7) is 0.511. The van der Waals surface area contributed by atoms with Gasteiger partial charge in [-0.1, -0.05) is 12.1 Å². The maximum atomic E-state index is 11.9. The lowest BCUT2D eigenvalue weighted by molar-refractivity contribution is 0.302. The van der Waals surface area contributed by atoms with Crippen LogP contribution in [0.1, 0.15) is 5.56 Å². The third-order valence-corrected chi connectivity index (χ3v) is 4.71. The summed E-state index contributed by atoms with van der Waals surface area (Å²) in [4.78, 5) is 16.8. The van der Waals surface area contributed by atoms with Crippen molar-refractivity contribution in [2.75, 3.05) is 0 Å². The first kappa shape index (κ1) is 13.3. The molecular weight excluding hydrogens is 300 g/mol. The molecule has 2 aromatic heterocycles. The lowest BCUT2D eigenvalue weighted by atomic mass is 9.99. The molecule has 0 fully saturated rings. The van der Waals surface area contributed by atoms with Crippen LogP contribution in [0.2, 0.25) is 0 Å². The largest absolute Gasteiger partial charge is 0.488 e. The second kappa shape index (κ2) is 4.68. The molecule has 24 heavy (non-hydrogen) atoms. The Hall–Kier alpha value is -3.14. The van der Waals surface area contributed by atoms with Crippen LogP contribution in [0.3, 0.4) is 0 Å². The lowest BCUT2D eigenvalue weighted by Crippen LogP contribution is -2.15. The highest BCUT2D eigenvalue weighted by Crippen LogP contribution is 2.38. The van der Waals surface area contributed by atoms with E-state index < -0.39 is 0 Å². The molecule has 1 aliphatic heterocycles. The van der Waals surface area contributed by atoms with Gasteiger partial charge in [-0.2, -0.15) is 0 Å². The predicted octanol–water partition coefficient (Wildman–Crippen LogP) is 3.65. The molecule has 0 atom stereocenters. The van der Waals surface area contributed by atoms with Gasteiger partial charge in [0.15, 0.2) is 0 Å². The van der Waals surface area contributed by atoms with Gasteiger partial charge in [-0.15, -0.1) is 0 Å². The molecule has 0 spiro atoms. The van der Waals surface area contributed by atoms with Gasteiger partial charge in [0.25, 0.3) is 5.56 Å². The number of hydrogen-bond acceptors (Lipinski definition) is 3.